The normalized spacial score (nSPS) is 10.5. The number of nitrogens with zero attached hydrogens (tertiary/aromatic N) is 4. The number of hydrogen-bond donors (Lipinski definition) is 1. The first-order chi connectivity index (χ1) is 8.59. The maximum Gasteiger partial charge on any atom is 0.292 e. The summed E-state index contributed by atoms with van der Waals surface area (Å²) in [6.07, 6.45) is 1.60. The molecule has 0 amide bonds. The van der Waals surface area contributed by atoms with Crippen molar-refractivity contribution in [3.05, 3.63) is 40.2 Å². The summed E-state index contributed by atoms with van der Waals surface area (Å²) >= 11 is 1.43. The smallest absolute Gasteiger partial charge is 0.292 e. The van der Waals surface area contributed by atoms with Gasteiger partial charge in [-0.05, 0) is 5.56 Å². The van der Waals surface area contributed by atoms with E-state index in [4.69, 9.17) is 5.73 Å². The first kappa shape index (κ1) is 12.4. The van der Waals surface area contributed by atoms with Crippen LogP contribution in [0, 0.1) is 10.1 Å². The minimum atomic E-state index is -0.480. The van der Waals surface area contributed by atoms with Crippen LogP contribution in [-0.2, 0) is 12.8 Å². The van der Waals surface area contributed by atoms with Crippen molar-refractivity contribution >= 4 is 23.1 Å². The third-order valence-electron chi connectivity index (χ3n) is 2.40. The average molecular weight is 265 g/mol. The van der Waals surface area contributed by atoms with Crippen LogP contribution in [0.1, 0.15) is 5.56 Å². The third kappa shape index (κ3) is 2.43. The summed E-state index contributed by atoms with van der Waals surface area (Å²) in [5.74, 6) is 0.514. The summed E-state index contributed by atoms with van der Waals surface area (Å²) < 4.78 is 1.78. The van der Waals surface area contributed by atoms with Crippen LogP contribution in [0.2, 0.25) is 0 Å². The van der Waals surface area contributed by atoms with Gasteiger partial charge in [-0.15, -0.1) is 10.2 Å². The quantitative estimate of drug-likeness (QED) is 0.390. The van der Waals surface area contributed by atoms with Crippen molar-refractivity contribution in [2.45, 2.75) is 10.9 Å². The Balaban J connectivity index is 2.17. The summed E-state index contributed by atoms with van der Waals surface area (Å²) in [6, 6.07) is 4.79. The van der Waals surface area contributed by atoms with Crippen LogP contribution in [0.4, 0.5) is 11.4 Å². The Hall–Kier alpha value is -2.09. The molecule has 0 saturated carbocycles. The molecule has 2 rings (SSSR count). The second-order valence-corrected chi connectivity index (χ2v) is 4.56. The fraction of sp³-hybridized carbons (Fsp3) is 0.200. The first-order valence-electron chi connectivity index (χ1n) is 5.08. The highest BCUT2D eigenvalue weighted by molar-refractivity contribution is 7.98. The monoisotopic (exact) mass is 265 g/mol. The third-order valence-corrected chi connectivity index (χ3v) is 3.48. The van der Waals surface area contributed by atoms with Gasteiger partial charge in [0.05, 0.1) is 4.92 Å². The summed E-state index contributed by atoms with van der Waals surface area (Å²) in [5, 5.41) is 19.2. The molecule has 0 bridgehead atoms. The van der Waals surface area contributed by atoms with Crippen molar-refractivity contribution in [3.8, 4) is 0 Å². The van der Waals surface area contributed by atoms with Gasteiger partial charge in [-0.3, -0.25) is 10.1 Å². The maximum absolute atomic E-state index is 10.8. The largest absolute Gasteiger partial charge is 0.393 e. The highest BCUT2D eigenvalue weighted by atomic mass is 32.2. The molecule has 0 radical (unpaired) electrons. The molecule has 8 heteroatoms. The van der Waals surface area contributed by atoms with Crippen LogP contribution in [0.25, 0.3) is 0 Å². The van der Waals surface area contributed by atoms with Crippen LogP contribution in [0.3, 0.4) is 0 Å². The number of anilines is 1. The summed E-state index contributed by atoms with van der Waals surface area (Å²) in [4.78, 5) is 10.3. The fourth-order valence-electron chi connectivity index (χ4n) is 1.43. The Labute approximate surface area is 107 Å². The van der Waals surface area contributed by atoms with Gasteiger partial charge in [0.1, 0.15) is 12.0 Å². The van der Waals surface area contributed by atoms with Gasteiger partial charge in [0.15, 0.2) is 5.16 Å². The van der Waals surface area contributed by atoms with E-state index in [1.165, 1.54) is 17.8 Å². The van der Waals surface area contributed by atoms with Crippen molar-refractivity contribution < 1.29 is 4.92 Å². The fourth-order valence-corrected chi connectivity index (χ4v) is 2.32. The SMILES string of the molecule is Cn1cnnc1SCc1cccc([N+](=O)[O-])c1N. The maximum atomic E-state index is 10.8. The summed E-state index contributed by atoms with van der Waals surface area (Å²) in [7, 11) is 1.83. The van der Waals surface area contributed by atoms with Crippen molar-refractivity contribution in [1.82, 2.24) is 14.8 Å². The number of rotatable bonds is 4. The number of para-hydroxylation sites is 1. The number of nitro benzene ring substituents is 1. The van der Waals surface area contributed by atoms with Gasteiger partial charge in [-0.2, -0.15) is 0 Å². The number of aromatic nitrogens is 3. The predicted molar refractivity (Wildman–Crippen MR) is 68.1 cm³/mol. The van der Waals surface area contributed by atoms with Gasteiger partial charge in [-0.25, -0.2) is 0 Å². The standard InChI is InChI=1S/C10H11N5O2S/c1-14-6-12-13-10(14)18-5-7-3-2-4-8(9(7)11)15(16)17/h2-4,6H,5,11H2,1H3. The number of benzene rings is 1. The number of thioether (sulfide) groups is 1. The van der Waals surface area contributed by atoms with E-state index in [0.717, 1.165) is 10.7 Å². The lowest BCUT2D eigenvalue weighted by molar-refractivity contribution is -0.383. The van der Waals surface area contributed by atoms with E-state index in [-0.39, 0.29) is 11.4 Å². The van der Waals surface area contributed by atoms with Crippen LogP contribution < -0.4 is 5.73 Å². The van der Waals surface area contributed by atoms with Crippen LogP contribution in [0.5, 0.6) is 0 Å². The molecule has 2 N–H and O–H groups in total. The lowest BCUT2D eigenvalue weighted by Crippen LogP contribution is -1.99. The van der Waals surface area contributed by atoms with Gasteiger partial charge < -0.3 is 10.3 Å². The van der Waals surface area contributed by atoms with E-state index in [9.17, 15) is 10.1 Å². The van der Waals surface area contributed by atoms with Crippen LogP contribution in [0.15, 0.2) is 29.7 Å². The zero-order valence-electron chi connectivity index (χ0n) is 9.61. The lowest BCUT2D eigenvalue weighted by atomic mass is 10.2. The lowest BCUT2D eigenvalue weighted by Gasteiger charge is -2.05. The molecule has 0 aliphatic heterocycles. The predicted octanol–water partition coefficient (Wildman–Crippen LogP) is 1.60. The van der Waals surface area contributed by atoms with E-state index in [1.54, 1.807) is 23.0 Å². The second kappa shape index (κ2) is 5.05. The zero-order valence-corrected chi connectivity index (χ0v) is 10.4. The zero-order chi connectivity index (χ0) is 13.1. The molecule has 0 aliphatic carbocycles. The molecule has 94 valence electrons. The van der Waals surface area contributed by atoms with E-state index < -0.39 is 4.92 Å². The molecule has 0 fully saturated rings. The molecule has 0 aliphatic rings. The molecule has 1 aromatic carbocycles. The van der Waals surface area contributed by atoms with E-state index in [1.807, 2.05) is 7.05 Å². The summed E-state index contributed by atoms with van der Waals surface area (Å²) in [6.45, 7) is 0. The number of hydrogen-bond acceptors (Lipinski definition) is 6. The number of nitro groups is 1. The van der Waals surface area contributed by atoms with Gasteiger partial charge >= 0.3 is 0 Å². The van der Waals surface area contributed by atoms with Gasteiger partial charge in [-0.1, -0.05) is 23.9 Å². The van der Waals surface area contributed by atoms with E-state index in [0.29, 0.717) is 5.75 Å². The molecule has 0 saturated heterocycles. The highest BCUT2D eigenvalue weighted by Crippen LogP contribution is 2.29. The Morgan fingerprint density at radius 3 is 2.94 bits per heavy atom. The first-order valence-corrected chi connectivity index (χ1v) is 6.06. The number of nitrogen functional groups attached to an aromatic ring is 1. The molecule has 0 atom stereocenters. The molecule has 1 aromatic heterocycles. The Morgan fingerprint density at radius 2 is 2.33 bits per heavy atom. The van der Waals surface area contributed by atoms with Crippen LogP contribution >= 0.6 is 11.8 Å². The number of aryl methyl sites for hydroxylation is 1. The van der Waals surface area contributed by atoms with E-state index in [2.05, 4.69) is 10.2 Å². The Morgan fingerprint density at radius 1 is 1.56 bits per heavy atom. The molecule has 7 nitrogen and oxygen atoms in total. The molecular formula is C10H11N5O2S. The average Bonchev–Trinajstić information content (AvgIpc) is 2.73. The van der Waals surface area contributed by atoms with Crippen molar-refractivity contribution in [1.29, 1.82) is 0 Å². The van der Waals surface area contributed by atoms with E-state index >= 15 is 0 Å². The van der Waals surface area contributed by atoms with Crippen LogP contribution in [-0.4, -0.2) is 19.7 Å². The molecule has 0 spiro atoms. The molecule has 2 aromatic rings. The summed E-state index contributed by atoms with van der Waals surface area (Å²) in [5.41, 5.74) is 6.63. The highest BCUT2D eigenvalue weighted by Gasteiger charge is 2.14. The Bertz CT molecular complexity index is 583. The van der Waals surface area contributed by atoms with Gasteiger partial charge in [0.2, 0.25) is 0 Å². The minimum Gasteiger partial charge on any atom is -0.393 e. The molecular weight excluding hydrogens is 254 g/mol. The minimum absolute atomic E-state index is 0.0638. The van der Waals surface area contributed by atoms with Crippen molar-refractivity contribution in [2.75, 3.05) is 5.73 Å². The van der Waals surface area contributed by atoms with Crippen molar-refractivity contribution in [3.63, 3.8) is 0 Å². The number of nitrogens with two attached hydrogens (primary N) is 1. The molecule has 1 heterocycles. The van der Waals surface area contributed by atoms with Gasteiger partial charge in [0.25, 0.3) is 5.69 Å². The second-order valence-electron chi connectivity index (χ2n) is 3.62. The molecule has 0 unspecified atom stereocenters. The molecule has 18 heavy (non-hydrogen) atoms. The van der Waals surface area contributed by atoms with Gasteiger partial charge in [0, 0.05) is 18.9 Å². The van der Waals surface area contributed by atoms with Crippen molar-refractivity contribution in [2.24, 2.45) is 7.05 Å². The topological polar surface area (TPSA) is 99.9 Å². The Kier molecular flexibility index (Phi) is 3.47.